The van der Waals surface area contributed by atoms with Crippen LogP contribution in [-0.2, 0) is 10.9 Å². The van der Waals surface area contributed by atoms with E-state index in [9.17, 15) is 18.0 Å². The van der Waals surface area contributed by atoms with E-state index in [2.05, 4.69) is 40.6 Å². The van der Waals surface area contributed by atoms with Crippen molar-refractivity contribution in [1.29, 1.82) is 0 Å². The second-order valence-electron chi connectivity index (χ2n) is 6.43. The summed E-state index contributed by atoms with van der Waals surface area (Å²) < 4.78 is 48.7. The van der Waals surface area contributed by atoms with Gasteiger partial charge in [0.1, 0.15) is 11.2 Å². The lowest BCUT2D eigenvalue weighted by atomic mass is 10.1. The fourth-order valence-electron chi connectivity index (χ4n) is 2.86. The zero-order chi connectivity index (χ0) is 23.0. The largest absolute Gasteiger partial charge is 0.513 e. The Bertz CT molecular complexity index is 1330. The highest BCUT2D eigenvalue weighted by atomic mass is 79.9. The number of H-pyrrole nitrogens is 1. The number of alkyl halides is 3. The zero-order valence-corrected chi connectivity index (χ0v) is 18.3. The summed E-state index contributed by atoms with van der Waals surface area (Å²) in [4.78, 5) is 26.9. The number of methoxy groups -OCH3 is 1. The monoisotopic (exact) mass is 526 g/mol. The van der Waals surface area contributed by atoms with Crippen molar-refractivity contribution in [3.63, 3.8) is 0 Å². The first-order valence-electron chi connectivity index (χ1n) is 8.80. The quantitative estimate of drug-likeness (QED) is 0.316. The van der Waals surface area contributed by atoms with Crippen LogP contribution in [0.5, 0.6) is 5.75 Å². The van der Waals surface area contributed by atoms with E-state index in [0.29, 0.717) is 28.3 Å². The normalized spacial score (nSPS) is 11.6. The molecular formula is C20H11BrClF3N4O3. The Morgan fingerprint density at radius 1 is 1.16 bits per heavy atom. The molecule has 164 valence electrons. The molecule has 0 unspecified atom stereocenters. The summed E-state index contributed by atoms with van der Waals surface area (Å²) in [7, 11) is 1.18. The molecule has 4 rings (SSSR count). The van der Waals surface area contributed by atoms with Gasteiger partial charge in [-0.05, 0) is 40.2 Å². The number of carbonyl (C=O) groups excluding carboxylic acids is 1. The van der Waals surface area contributed by atoms with Gasteiger partial charge in [0.05, 0.1) is 35.1 Å². The number of aromatic amines is 1. The number of carbonyl (C=O) groups is 1. The van der Waals surface area contributed by atoms with E-state index < -0.39 is 17.9 Å². The minimum Gasteiger partial charge on any atom is -0.437 e. The van der Waals surface area contributed by atoms with E-state index in [4.69, 9.17) is 16.3 Å². The SMILES string of the molecule is COC(=O)Oc1cnc(-c2ccc(-c3nc4c(Br)cc(C(F)(F)F)cc4[nH]3)nc2)c(Cl)c1. The van der Waals surface area contributed by atoms with Crippen molar-refractivity contribution in [2.75, 3.05) is 7.11 Å². The van der Waals surface area contributed by atoms with Crippen LogP contribution in [0.4, 0.5) is 18.0 Å². The van der Waals surface area contributed by atoms with Gasteiger partial charge in [-0.1, -0.05) is 11.6 Å². The van der Waals surface area contributed by atoms with E-state index in [0.717, 1.165) is 12.1 Å². The molecule has 0 amide bonds. The molecule has 0 atom stereocenters. The number of halogens is 5. The molecule has 0 bridgehead atoms. The van der Waals surface area contributed by atoms with Gasteiger partial charge in [0.25, 0.3) is 0 Å². The first-order valence-corrected chi connectivity index (χ1v) is 9.97. The molecule has 0 radical (unpaired) electrons. The molecule has 0 saturated heterocycles. The molecule has 3 aromatic heterocycles. The number of benzene rings is 1. The summed E-state index contributed by atoms with van der Waals surface area (Å²) in [5.74, 6) is 0.411. The first kappa shape index (κ1) is 22.0. The van der Waals surface area contributed by atoms with Crippen molar-refractivity contribution < 1.29 is 27.4 Å². The standard InChI is InChI=1S/C20H11BrClF3N4O3/c1-31-19(30)32-11-6-13(22)16(27-8-11)9-2-3-14(26-7-9)18-28-15-5-10(20(23,24)25)4-12(21)17(15)29-18/h2-8H,1H3,(H,28,29). The van der Waals surface area contributed by atoms with Gasteiger partial charge < -0.3 is 14.5 Å². The summed E-state index contributed by atoms with van der Waals surface area (Å²) in [5.41, 5.74) is 1.15. The number of fused-ring (bicyclic) bond motifs is 1. The van der Waals surface area contributed by atoms with Crippen molar-refractivity contribution >= 4 is 44.7 Å². The molecule has 7 nitrogen and oxygen atoms in total. The van der Waals surface area contributed by atoms with Crippen molar-refractivity contribution in [3.8, 4) is 28.5 Å². The average Bonchev–Trinajstić information content (AvgIpc) is 3.18. The van der Waals surface area contributed by atoms with Crippen molar-refractivity contribution in [3.05, 3.63) is 57.8 Å². The van der Waals surface area contributed by atoms with Gasteiger partial charge in [-0.15, -0.1) is 0 Å². The lowest BCUT2D eigenvalue weighted by molar-refractivity contribution is -0.137. The third-order valence-electron chi connectivity index (χ3n) is 4.33. The predicted molar refractivity (Wildman–Crippen MR) is 113 cm³/mol. The van der Waals surface area contributed by atoms with E-state index in [1.807, 2.05) is 0 Å². The Hall–Kier alpha value is -3.18. The number of ether oxygens (including phenoxy) is 2. The van der Waals surface area contributed by atoms with Crippen LogP contribution in [-0.4, -0.2) is 33.2 Å². The second kappa shape index (κ2) is 8.40. The number of pyridine rings is 2. The lowest BCUT2D eigenvalue weighted by Gasteiger charge is -2.07. The minimum atomic E-state index is -4.48. The van der Waals surface area contributed by atoms with Gasteiger partial charge in [-0.25, -0.2) is 9.78 Å². The highest BCUT2D eigenvalue weighted by Gasteiger charge is 2.31. The molecule has 0 aliphatic heterocycles. The summed E-state index contributed by atoms with van der Waals surface area (Å²) in [6.45, 7) is 0. The van der Waals surface area contributed by atoms with Crippen LogP contribution in [0, 0.1) is 0 Å². The molecular weight excluding hydrogens is 517 g/mol. The number of nitrogens with one attached hydrogen (secondary N) is 1. The summed E-state index contributed by atoms with van der Waals surface area (Å²) >= 11 is 9.37. The molecule has 1 aromatic carbocycles. The fraction of sp³-hybridized carbons (Fsp3) is 0.100. The number of nitrogens with zero attached hydrogens (tertiary/aromatic N) is 3. The maximum atomic E-state index is 13.1. The van der Waals surface area contributed by atoms with Crippen molar-refractivity contribution in [2.45, 2.75) is 6.18 Å². The van der Waals surface area contributed by atoms with Crippen LogP contribution in [0.25, 0.3) is 33.8 Å². The number of rotatable bonds is 3. The Morgan fingerprint density at radius 3 is 2.56 bits per heavy atom. The van der Waals surface area contributed by atoms with Gasteiger partial charge in [0.15, 0.2) is 11.6 Å². The van der Waals surface area contributed by atoms with Crippen LogP contribution < -0.4 is 4.74 Å². The molecule has 1 N–H and O–H groups in total. The lowest BCUT2D eigenvalue weighted by Crippen LogP contribution is -2.07. The van der Waals surface area contributed by atoms with Crippen LogP contribution in [0.2, 0.25) is 5.02 Å². The van der Waals surface area contributed by atoms with Gasteiger partial charge in [-0.2, -0.15) is 13.2 Å². The molecule has 3 heterocycles. The van der Waals surface area contributed by atoms with Gasteiger partial charge >= 0.3 is 12.3 Å². The number of aromatic nitrogens is 4. The van der Waals surface area contributed by atoms with Crippen molar-refractivity contribution in [1.82, 2.24) is 19.9 Å². The number of hydrogen-bond donors (Lipinski definition) is 1. The van der Waals surface area contributed by atoms with Crippen LogP contribution >= 0.6 is 27.5 Å². The molecule has 32 heavy (non-hydrogen) atoms. The van der Waals surface area contributed by atoms with Gasteiger partial charge in [0, 0.05) is 22.3 Å². The molecule has 0 aliphatic rings. The fourth-order valence-corrected chi connectivity index (χ4v) is 3.68. The Labute approximate surface area is 191 Å². The number of imidazole rings is 1. The third-order valence-corrected chi connectivity index (χ3v) is 5.22. The van der Waals surface area contributed by atoms with Gasteiger partial charge in [0.2, 0.25) is 0 Å². The predicted octanol–water partition coefficient (Wildman–Crippen LogP) is 6.27. The van der Waals surface area contributed by atoms with E-state index in [1.165, 1.54) is 25.6 Å². The summed E-state index contributed by atoms with van der Waals surface area (Å²) in [6.07, 6.45) is -2.58. The Morgan fingerprint density at radius 2 is 1.94 bits per heavy atom. The average molecular weight is 528 g/mol. The topological polar surface area (TPSA) is 90.0 Å². The number of hydrogen-bond acceptors (Lipinski definition) is 6. The van der Waals surface area contributed by atoms with Gasteiger partial charge in [-0.3, -0.25) is 9.97 Å². The highest BCUT2D eigenvalue weighted by Crippen LogP contribution is 2.35. The van der Waals surface area contributed by atoms with E-state index in [1.54, 1.807) is 12.1 Å². The Balaban J connectivity index is 1.63. The maximum Gasteiger partial charge on any atom is 0.513 e. The summed E-state index contributed by atoms with van der Waals surface area (Å²) in [6, 6.07) is 6.68. The molecule has 0 saturated carbocycles. The van der Waals surface area contributed by atoms with E-state index >= 15 is 0 Å². The van der Waals surface area contributed by atoms with Crippen molar-refractivity contribution in [2.24, 2.45) is 0 Å². The second-order valence-corrected chi connectivity index (χ2v) is 7.69. The van der Waals surface area contributed by atoms with Crippen LogP contribution in [0.15, 0.2) is 47.2 Å². The summed E-state index contributed by atoms with van der Waals surface area (Å²) in [5, 5.41) is 0.216. The van der Waals surface area contributed by atoms with Crippen LogP contribution in [0.3, 0.4) is 0 Å². The maximum absolute atomic E-state index is 13.1. The first-order chi connectivity index (χ1) is 15.2. The third kappa shape index (κ3) is 4.39. The molecule has 4 aromatic rings. The van der Waals surface area contributed by atoms with E-state index in [-0.39, 0.29) is 20.8 Å². The molecule has 12 heteroatoms. The molecule has 0 spiro atoms. The highest BCUT2D eigenvalue weighted by molar-refractivity contribution is 9.10. The minimum absolute atomic E-state index is 0.112. The van der Waals surface area contributed by atoms with Crippen LogP contribution in [0.1, 0.15) is 5.56 Å². The zero-order valence-electron chi connectivity index (χ0n) is 16.0. The molecule has 0 fully saturated rings. The smallest absolute Gasteiger partial charge is 0.437 e. The molecule has 0 aliphatic carbocycles. The Kier molecular flexibility index (Phi) is 5.78.